The lowest BCUT2D eigenvalue weighted by atomic mass is 10.2. The summed E-state index contributed by atoms with van der Waals surface area (Å²) in [5.74, 6) is 0.677. The number of nitrogens with zero attached hydrogens (tertiary/aromatic N) is 5. The summed E-state index contributed by atoms with van der Waals surface area (Å²) in [6.07, 6.45) is 5.80. The number of morpholine rings is 1. The second-order valence-corrected chi connectivity index (χ2v) is 10.9. The van der Waals surface area contributed by atoms with Crippen molar-refractivity contribution >= 4 is 60.4 Å². The molecule has 0 radical (unpaired) electrons. The van der Waals surface area contributed by atoms with Gasteiger partial charge in [0, 0.05) is 31.6 Å². The zero-order chi connectivity index (χ0) is 26.7. The van der Waals surface area contributed by atoms with Crippen LogP contribution in [-0.4, -0.2) is 67.7 Å². The number of thiophene rings is 1. The molecule has 1 aliphatic rings. The van der Waals surface area contributed by atoms with Crippen molar-refractivity contribution < 1.29 is 22.7 Å². The summed E-state index contributed by atoms with van der Waals surface area (Å²) in [6, 6.07) is 7.90. The Hall–Kier alpha value is -4.14. The third kappa shape index (κ3) is 5.56. The first kappa shape index (κ1) is 25.5. The van der Waals surface area contributed by atoms with Gasteiger partial charge in [-0.3, -0.25) is 4.72 Å². The van der Waals surface area contributed by atoms with Crippen molar-refractivity contribution in [2.75, 3.05) is 48.8 Å². The van der Waals surface area contributed by atoms with Crippen molar-refractivity contribution in [1.82, 2.24) is 19.9 Å². The van der Waals surface area contributed by atoms with Gasteiger partial charge >= 0.3 is 5.97 Å². The van der Waals surface area contributed by atoms with E-state index in [1.54, 1.807) is 30.6 Å². The van der Waals surface area contributed by atoms with E-state index in [1.165, 1.54) is 42.7 Å². The Balaban J connectivity index is 1.51. The Labute approximate surface area is 222 Å². The molecule has 196 valence electrons. The maximum atomic E-state index is 13.2. The summed E-state index contributed by atoms with van der Waals surface area (Å²) in [7, 11) is -2.67. The lowest BCUT2D eigenvalue weighted by Crippen LogP contribution is -2.36. The van der Waals surface area contributed by atoms with E-state index < -0.39 is 16.0 Å². The van der Waals surface area contributed by atoms with Gasteiger partial charge in [0.2, 0.25) is 5.95 Å². The van der Waals surface area contributed by atoms with Crippen molar-refractivity contribution in [2.24, 2.45) is 0 Å². The van der Waals surface area contributed by atoms with E-state index in [2.05, 4.69) is 29.3 Å². The Morgan fingerprint density at radius 2 is 1.95 bits per heavy atom. The van der Waals surface area contributed by atoms with Crippen LogP contribution in [0.15, 0.2) is 53.7 Å². The molecule has 0 aliphatic carbocycles. The summed E-state index contributed by atoms with van der Waals surface area (Å²) >= 11 is 1.24. The number of benzene rings is 1. The number of carbonyl (C=O) groups is 1. The molecule has 0 bridgehead atoms. The van der Waals surface area contributed by atoms with Crippen LogP contribution >= 0.6 is 11.3 Å². The van der Waals surface area contributed by atoms with E-state index >= 15 is 0 Å². The zero-order valence-corrected chi connectivity index (χ0v) is 21.8. The lowest BCUT2D eigenvalue weighted by molar-refractivity contribution is -0.134. The Kier molecular flexibility index (Phi) is 7.18. The normalized spacial score (nSPS) is 14.2. The standard InChI is InChI=1S/C24H23N7O5S2/c1-35-20(32)6-5-15-3-2-4-17(11-15)38(33,34)30-19-12-18-21(37-19)23(31-7-9-36-10-8-31)29-22(28-18)16-13-26-24(25)27-14-16/h2-6,11-14,30H,7-10H2,1H3,(H2,25,26,27). The topological polar surface area (TPSA) is 163 Å². The molecule has 14 heteroatoms. The minimum atomic E-state index is -3.94. The molecule has 0 atom stereocenters. The van der Waals surface area contributed by atoms with Gasteiger partial charge in [-0.15, -0.1) is 11.3 Å². The number of aromatic nitrogens is 4. The van der Waals surface area contributed by atoms with Crippen molar-refractivity contribution in [3.8, 4) is 11.4 Å². The molecule has 4 heterocycles. The van der Waals surface area contributed by atoms with Crippen molar-refractivity contribution in [3.05, 3.63) is 54.4 Å². The van der Waals surface area contributed by atoms with Gasteiger partial charge in [0.25, 0.3) is 10.0 Å². The Morgan fingerprint density at radius 1 is 1.18 bits per heavy atom. The van der Waals surface area contributed by atoms with Crippen LogP contribution in [0, 0.1) is 0 Å². The monoisotopic (exact) mass is 553 g/mol. The highest BCUT2D eigenvalue weighted by atomic mass is 32.2. The highest BCUT2D eigenvalue weighted by Crippen LogP contribution is 2.37. The highest BCUT2D eigenvalue weighted by molar-refractivity contribution is 7.93. The first-order valence-corrected chi connectivity index (χ1v) is 13.7. The molecule has 12 nitrogen and oxygen atoms in total. The van der Waals surface area contributed by atoms with Crippen LogP contribution in [0.25, 0.3) is 27.7 Å². The third-order valence-electron chi connectivity index (χ3n) is 5.61. The van der Waals surface area contributed by atoms with Gasteiger partial charge in [0.15, 0.2) is 11.6 Å². The average molecular weight is 554 g/mol. The van der Waals surface area contributed by atoms with Crippen LogP contribution in [0.3, 0.4) is 0 Å². The fourth-order valence-corrected chi connectivity index (χ4v) is 6.10. The number of rotatable bonds is 7. The predicted molar refractivity (Wildman–Crippen MR) is 144 cm³/mol. The van der Waals surface area contributed by atoms with E-state index in [1.807, 2.05) is 0 Å². The quantitative estimate of drug-likeness (QED) is 0.255. The Morgan fingerprint density at radius 3 is 2.68 bits per heavy atom. The SMILES string of the molecule is COC(=O)C=Cc1cccc(S(=O)(=O)Nc2cc3nc(-c4cnc(N)nc4)nc(N4CCOCC4)c3s2)c1. The average Bonchev–Trinajstić information content (AvgIpc) is 3.33. The van der Waals surface area contributed by atoms with E-state index in [0.717, 1.165) is 4.70 Å². The first-order valence-electron chi connectivity index (χ1n) is 11.4. The second-order valence-electron chi connectivity index (χ2n) is 8.16. The molecule has 0 amide bonds. The van der Waals surface area contributed by atoms with Crippen LogP contribution in [-0.2, 0) is 24.3 Å². The number of nitrogen functional groups attached to an aromatic ring is 1. The molecule has 0 saturated carbocycles. The number of methoxy groups -OCH3 is 1. The zero-order valence-electron chi connectivity index (χ0n) is 20.2. The van der Waals surface area contributed by atoms with Gasteiger partial charge in [-0.25, -0.2) is 33.1 Å². The molecule has 1 fully saturated rings. The minimum Gasteiger partial charge on any atom is -0.466 e. The predicted octanol–water partition coefficient (Wildman–Crippen LogP) is 2.55. The van der Waals surface area contributed by atoms with Gasteiger partial charge in [0.1, 0.15) is 5.00 Å². The molecule has 0 unspecified atom stereocenters. The van der Waals surface area contributed by atoms with Crippen LogP contribution < -0.4 is 15.4 Å². The van der Waals surface area contributed by atoms with Gasteiger partial charge in [-0.2, -0.15) is 0 Å². The fourth-order valence-electron chi connectivity index (χ4n) is 3.75. The van der Waals surface area contributed by atoms with Crippen LogP contribution in [0.2, 0.25) is 0 Å². The van der Waals surface area contributed by atoms with Gasteiger partial charge in [0.05, 0.1) is 41.0 Å². The second kappa shape index (κ2) is 10.7. The molecule has 1 aliphatic heterocycles. The molecular formula is C24H23N7O5S2. The number of anilines is 3. The fraction of sp³-hybridized carbons (Fsp3) is 0.208. The molecule has 4 aromatic rings. The summed E-state index contributed by atoms with van der Waals surface area (Å²) in [5, 5.41) is 0.380. The van der Waals surface area contributed by atoms with Crippen molar-refractivity contribution in [1.29, 1.82) is 0 Å². The number of esters is 1. The number of sulfonamides is 1. The van der Waals surface area contributed by atoms with Gasteiger partial charge < -0.3 is 20.1 Å². The summed E-state index contributed by atoms with van der Waals surface area (Å²) in [4.78, 5) is 31.0. The number of hydrogen-bond acceptors (Lipinski definition) is 12. The summed E-state index contributed by atoms with van der Waals surface area (Å²) < 4.78 is 39.9. The third-order valence-corrected chi connectivity index (χ3v) is 8.14. The number of ether oxygens (including phenoxy) is 2. The molecule has 5 rings (SSSR count). The maximum absolute atomic E-state index is 13.2. The largest absolute Gasteiger partial charge is 0.466 e. The summed E-state index contributed by atoms with van der Waals surface area (Å²) in [6.45, 7) is 2.37. The van der Waals surface area contributed by atoms with E-state index in [9.17, 15) is 13.2 Å². The van der Waals surface area contributed by atoms with Crippen molar-refractivity contribution in [2.45, 2.75) is 4.90 Å². The van der Waals surface area contributed by atoms with Crippen LogP contribution in [0.1, 0.15) is 5.56 Å². The molecule has 3 N–H and O–H groups in total. The maximum Gasteiger partial charge on any atom is 0.330 e. The molecule has 38 heavy (non-hydrogen) atoms. The minimum absolute atomic E-state index is 0.0428. The highest BCUT2D eigenvalue weighted by Gasteiger charge is 2.22. The molecule has 3 aromatic heterocycles. The number of nitrogens with one attached hydrogen (secondary N) is 1. The lowest BCUT2D eigenvalue weighted by Gasteiger charge is -2.28. The molecule has 0 spiro atoms. The Bertz CT molecular complexity index is 1620. The number of nitrogens with two attached hydrogens (primary N) is 1. The van der Waals surface area contributed by atoms with Crippen LogP contribution in [0.5, 0.6) is 0 Å². The number of fused-ring (bicyclic) bond motifs is 1. The first-order chi connectivity index (χ1) is 18.3. The molecule has 1 aromatic carbocycles. The van der Waals surface area contributed by atoms with Crippen molar-refractivity contribution in [3.63, 3.8) is 0 Å². The summed E-state index contributed by atoms with van der Waals surface area (Å²) in [5.41, 5.74) is 7.32. The van der Waals surface area contributed by atoms with Gasteiger partial charge in [-0.05, 0) is 29.8 Å². The smallest absolute Gasteiger partial charge is 0.330 e. The molecule has 1 saturated heterocycles. The number of hydrogen-bond donors (Lipinski definition) is 2. The number of carbonyl (C=O) groups excluding carboxylic acids is 1. The van der Waals surface area contributed by atoms with Crippen LogP contribution in [0.4, 0.5) is 16.8 Å². The van der Waals surface area contributed by atoms with E-state index in [-0.39, 0.29) is 10.8 Å². The molecular weight excluding hydrogens is 530 g/mol. The van der Waals surface area contributed by atoms with Gasteiger partial charge in [-0.1, -0.05) is 12.1 Å². The van der Waals surface area contributed by atoms with E-state index in [4.69, 9.17) is 15.5 Å². The van der Waals surface area contributed by atoms with E-state index in [0.29, 0.717) is 59.6 Å².